The highest BCUT2D eigenvalue weighted by Crippen LogP contribution is 2.31. The minimum Gasteiger partial charge on any atom is -0.398 e. The molecule has 2 aromatic rings. The lowest BCUT2D eigenvalue weighted by molar-refractivity contribution is 0.627. The molecule has 0 saturated heterocycles. The van der Waals surface area contributed by atoms with Crippen LogP contribution in [0, 0.1) is 5.82 Å². The summed E-state index contributed by atoms with van der Waals surface area (Å²) in [5.41, 5.74) is 6.22. The monoisotopic (exact) mass is 317 g/mol. The number of nitrogen functional groups attached to an aromatic ring is 1. The predicted octanol–water partition coefficient (Wildman–Crippen LogP) is 4.52. The molecule has 2 rings (SSSR count). The first-order valence-electron chi connectivity index (χ1n) is 4.56. The Morgan fingerprint density at radius 3 is 2.81 bits per heavy atom. The van der Waals surface area contributed by atoms with Crippen molar-refractivity contribution in [2.45, 2.75) is 10.6 Å². The lowest BCUT2D eigenvalue weighted by Crippen LogP contribution is -1.89. The third kappa shape index (κ3) is 2.99. The van der Waals surface area contributed by atoms with Crippen molar-refractivity contribution in [2.75, 3.05) is 5.73 Å². The van der Waals surface area contributed by atoms with Gasteiger partial charge in [0.05, 0.1) is 0 Å². The average molecular weight is 318 g/mol. The molecule has 0 saturated carbocycles. The van der Waals surface area contributed by atoms with Gasteiger partial charge in [-0.1, -0.05) is 0 Å². The molecule has 0 aliphatic heterocycles. The molecule has 1 aromatic heterocycles. The Kier molecular flexibility index (Phi) is 3.89. The number of thioether (sulfide) groups is 1. The van der Waals surface area contributed by atoms with Gasteiger partial charge >= 0.3 is 0 Å². The summed E-state index contributed by atoms with van der Waals surface area (Å²) in [5, 5.41) is 2.05. The van der Waals surface area contributed by atoms with Gasteiger partial charge < -0.3 is 5.73 Å². The highest BCUT2D eigenvalue weighted by molar-refractivity contribution is 9.10. The van der Waals surface area contributed by atoms with E-state index in [2.05, 4.69) is 22.0 Å². The van der Waals surface area contributed by atoms with Gasteiger partial charge in [-0.25, -0.2) is 4.39 Å². The Morgan fingerprint density at radius 2 is 2.19 bits per heavy atom. The van der Waals surface area contributed by atoms with Crippen LogP contribution in [-0.2, 0) is 5.75 Å². The minimum atomic E-state index is -0.291. The van der Waals surface area contributed by atoms with E-state index in [-0.39, 0.29) is 5.82 Å². The van der Waals surface area contributed by atoms with Gasteiger partial charge in [-0.05, 0) is 40.2 Å². The zero-order valence-corrected chi connectivity index (χ0v) is 11.5. The summed E-state index contributed by atoms with van der Waals surface area (Å²) in [6.07, 6.45) is 0. The molecule has 0 spiro atoms. The third-order valence-corrected chi connectivity index (χ3v) is 4.98. The maximum absolute atomic E-state index is 12.8. The van der Waals surface area contributed by atoms with Crippen molar-refractivity contribution in [3.8, 4) is 0 Å². The van der Waals surface area contributed by atoms with E-state index in [0.717, 1.165) is 15.1 Å². The smallest absolute Gasteiger partial charge is 0.125 e. The molecule has 2 N–H and O–H groups in total. The van der Waals surface area contributed by atoms with Gasteiger partial charge in [-0.15, -0.1) is 23.1 Å². The first-order valence-corrected chi connectivity index (χ1v) is 7.22. The van der Waals surface area contributed by atoms with Crippen LogP contribution >= 0.6 is 39.0 Å². The highest BCUT2D eigenvalue weighted by atomic mass is 79.9. The van der Waals surface area contributed by atoms with E-state index in [4.69, 9.17) is 5.73 Å². The van der Waals surface area contributed by atoms with Crippen LogP contribution < -0.4 is 5.73 Å². The fourth-order valence-corrected chi connectivity index (χ4v) is 3.68. The molecule has 16 heavy (non-hydrogen) atoms. The normalized spacial score (nSPS) is 10.6. The molecule has 0 atom stereocenters. The zero-order valence-electron chi connectivity index (χ0n) is 8.24. The topological polar surface area (TPSA) is 26.0 Å². The van der Waals surface area contributed by atoms with E-state index in [1.807, 2.05) is 5.38 Å². The summed E-state index contributed by atoms with van der Waals surface area (Å²) < 4.78 is 13.9. The van der Waals surface area contributed by atoms with E-state index in [1.165, 1.54) is 17.0 Å². The Morgan fingerprint density at radius 1 is 1.38 bits per heavy atom. The van der Waals surface area contributed by atoms with Crippen molar-refractivity contribution < 1.29 is 4.39 Å². The van der Waals surface area contributed by atoms with Gasteiger partial charge in [0.2, 0.25) is 0 Å². The molecule has 0 unspecified atom stereocenters. The highest BCUT2D eigenvalue weighted by Gasteiger charge is 2.03. The van der Waals surface area contributed by atoms with Crippen molar-refractivity contribution in [3.63, 3.8) is 0 Å². The Labute approximate surface area is 110 Å². The molecule has 5 heteroatoms. The van der Waals surface area contributed by atoms with Crippen molar-refractivity contribution in [2.24, 2.45) is 0 Å². The first kappa shape index (κ1) is 12.0. The number of anilines is 1. The maximum Gasteiger partial charge on any atom is 0.125 e. The van der Waals surface area contributed by atoms with E-state index < -0.39 is 0 Å². The molecule has 0 fully saturated rings. The second-order valence-corrected chi connectivity index (χ2v) is 6.13. The van der Waals surface area contributed by atoms with Crippen molar-refractivity contribution in [1.29, 1.82) is 0 Å². The van der Waals surface area contributed by atoms with Crippen LogP contribution in [-0.4, -0.2) is 0 Å². The van der Waals surface area contributed by atoms with Crippen LogP contribution in [0.1, 0.15) is 4.88 Å². The number of thiophene rings is 1. The lowest BCUT2D eigenvalue weighted by atomic mass is 10.3. The molecule has 1 aromatic carbocycles. The Balaban J connectivity index is 2.04. The zero-order chi connectivity index (χ0) is 11.5. The van der Waals surface area contributed by atoms with Gasteiger partial charge in [0.25, 0.3) is 0 Å². The van der Waals surface area contributed by atoms with Crippen molar-refractivity contribution in [1.82, 2.24) is 0 Å². The lowest BCUT2D eigenvalue weighted by Gasteiger charge is -2.03. The van der Waals surface area contributed by atoms with E-state index in [9.17, 15) is 4.39 Å². The molecule has 0 bridgehead atoms. The predicted molar refractivity (Wildman–Crippen MR) is 72.4 cm³/mol. The van der Waals surface area contributed by atoms with E-state index >= 15 is 0 Å². The SMILES string of the molecule is Nc1cc(F)ccc1SCc1cc(Br)cs1. The molecule has 84 valence electrons. The first-order chi connectivity index (χ1) is 7.65. The second kappa shape index (κ2) is 5.21. The van der Waals surface area contributed by atoms with Crippen LogP contribution in [0.25, 0.3) is 0 Å². The van der Waals surface area contributed by atoms with Crippen molar-refractivity contribution in [3.05, 3.63) is 44.8 Å². The molecule has 1 heterocycles. The number of hydrogen-bond acceptors (Lipinski definition) is 3. The molecular weight excluding hydrogens is 309 g/mol. The fourth-order valence-electron chi connectivity index (χ4n) is 1.23. The molecule has 0 aliphatic carbocycles. The number of benzene rings is 1. The van der Waals surface area contributed by atoms with E-state index in [0.29, 0.717) is 5.69 Å². The molecule has 0 amide bonds. The van der Waals surface area contributed by atoms with Gasteiger partial charge in [-0.3, -0.25) is 0 Å². The fraction of sp³-hybridized carbons (Fsp3) is 0.0909. The standard InChI is InChI=1S/C11H9BrFNS2/c12-7-3-9(15-5-7)6-16-11-2-1-8(13)4-10(11)14/h1-5H,6,14H2. The van der Waals surface area contributed by atoms with Gasteiger partial charge in [0.1, 0.15) is 5.82 Å². The van der Waals surface area contributed by atoms with Crippen LogP contribution in [0.2, 0.25) is 0 Å². The summed E-state index contributed by atoms with van der Waals surface area (Å²) in [7, 11) is 0. The van der Waals surface area contributed by atoms with E-state index in [1.54, 1.807) is 29.2 Å². The molecule has 1 nitrogen and oxygen atoms in total. The summed E-state index contributed by atoms with van der Waals surface area (Å²) in [6.45, 7) is 0. The largest absolute Gasteiger partial charge is 0.398 e. The number of hydrogen-bond donors (Lipinski definition) is 1. The Hall–Kier alpha value is -0.520. The average Bonchev–Trinajstić information content (AvgIpc) is 2.63. The Bertz CT molecular complexity index is 498. The summed E-state index contributed by atoms with van der Waals surface area (Å²) >= 11 is 6.72. The molecular formula is C11H9BrFNS2. The molecule has 0 radical (unpaired) electrons. The summed E-state index contributed by atoms with van der Waals surface area (Å²) in [6, 6.07) is 6.59. The van der Waals surface area contributed by atoms with Gasteiger partial charge in [0, 0.05) is 31.1 Å². The quantitative estimate of drug-likeness (QED) is 0.665. The van der Waals surface area contributed by atoms with Gasteiger partial charge in [-0.2, -0.15) is 0 Å². The minimum absolute atomic E-state index is 0.291. The van der Waals surface area contributed by atoms with Crippen LogP contribution in [0.4, 0.5) is 10.1 Å². The molecule has 0 aliphatic rings. The second-order valence-electron chi connectivity index (χ2n) is 3.20. The number of nitrogens with two attached hydrogens (primary N) is 1. The number of rotatable bonds is 3. The van der Waals surface area contributed by atoms with Gasteiger partial charge in [0.15, 0.2) is 0 Å². The van der Waals surface area contributed by atoms with Crippen LogP contribution in [0.15, 0.2) is 39.0 Å². The summed E-state index contributed by atoms with van der Waals surface area (Å²) in [4.78, 5) is 2.19. The number of halogens is 2. The third-order valence-electron chi connectivity index (χ3n) is 1.96. The van der Waals surface area contributed by atoms with Crippen LogP contribution in [0.3, 0.4) is 0 Å². The van der Waals surface area contributed by atoms with Crippen LogP contribution in [0.5, 0.6) is 0 Å². The maximum atomic E-state index is 12.8. The summed E-state index contributed by atoms with van der Waals surface area (Å²) in [5.74, 6) is 0.562. The van der Waals surface area contributed by atoms with Crippen molar-refractivity contribution >= 4 is 44.7 Å².